The zero-order chi connectivity index (χ0) is 10.6. The lowest BCUT2D eigenvalue weighted by Gasteiger charge is -2.18. The van der Waals surface area contributed by atoms with Gasteiger partial charge >= 0.3 is 0 Å². The highest BCUT2D eigenvalue weighted by molar-refractivity contribution is 9.09. The summed E-state index contributed by atoms with van der Waals surface area (Å²) in [6, 6.07) is 2.05. The van der Waals surface area contributed by atoms with Gasteiger partial charge in [0.1, 0.15) is 0 Å². The summed E-state index contributed by atoms with van der Waals surface area (Å²) in [5, 5.41) is 8.01. The maximum atomic E-state index is 4.08. The Hall–Kier alpha value is -0.640. The third kappa shape index (κ3) is 3.62. The van der Waals surface area contributed by atoms with E-state index in [4.69, 9.17) is 0 Å². The van der Waals surface area contributed by atoms with Crippen LogP contribution in [0.25, 0.3) is 0 Å². The minimum Gasteiger partial charge on any atom is -0.358 e. The second-order valence-corrected chi connectivity index (χ2v) is 5.15. The van der Waals surface area contributed by atoms with Crippen molar-refractivity contribution in [2.45, 2.75) is 25.1 Å². The summed E-state index contributed by atoms with van der Waals surface area (Å²) in [5.41, 5.74) is 1.15. The molecule has 1 heterocycles. The van der Waals surface area contributed by atoms with Crippen LogP contribution in [0.5, 0.6) is 0 Å². The predicted octanol–water partition coefficient (Wildman–Crippen LogP) is 2.39. The van der Waals surface area contributed by atoms with Gasteiger partial charge in [-0.25, -0.2) is 0 Å². The first-order valence-electron chi connectivity index (χ1n) is 4.74. The standard InChI is InChI=1S/C10H16BrN3/c1-8-6-10(13-12-7-8)14(3)5-4-9(2)11/h6-7,9H,4-5H2,1-3H3. The molecule has 0 bridgehead atoms. The minimum atomic E-state index is 0.544. The minimum absolute atomic E-state index is 0.544. The van der Waals surface area contributed by atoms with Crippen molar-refractivity contribution < 1.29 is 0 Å². The maximum Gasteiger partial charge on any atom is 0.151 e. The lowest BCUT2D eigenvalue weighted by Crippen LogP contribution is -2.21. The van der Waals surface area contributed by atoms with Gasteiger partial charge in [0.15, 0.2) is 5.82 Å². The van der Waals surface area contributed by atoms with Crippen molar-refractivity contribution in [3.05, 3.63) is 17.8 Å². The quantitative estimate of drug-likeness (QED) is 0.776. The number of rotatable bonds is 4. The molecule has 0 saturated heterocycles. The second-order valence-electron chi connectivity index (χ2n) is 3.58. The van der Waals surface area contributed by atoms with Gasteiger partial charge in [0.25, 0.3) is 0 Å². The maximum absolute atomic E-state index is 4.08. The fourth-order valence-corrected chi connectivity index (χ4v) is 1.33. The molecular formula is C10H16BrN3. The Labute approximate surface area is 93.7 Å². The molecule has 78 valence electrons. The third-order valence-electron chi connectivity index (χ3n) is 2.03. The molecule has 1 aromatic rings. The fraction of sp³-hybridized carbons (Fsp3) is 0.600. The molecule has 0 aromatic carbocycles. The Morgan fingerprint density at radius 2 is 2.29 bits per heavy atom. The van der Waals surface area contributed by atoms with Crippen molar-refractivity contribution in [2.75, 3.05) is 18.5 Å². The Kier molecular flexibility index (Phi) is 4.32. The normalized spacial score (nSPS) is 12.6. The molecule has 1 atom stereocenters. The van der Waals surface area contributed by atoms with Crippen LogP contribution in [0.2, 0.25) is 0 Å². The molecule has 0 amide bonds. The van der Waals surface area contributed by atoms with E-state index in [0.717, 1.165) is 24.3 Å². The Morgan fingerprint density at radius 3 is 2.86 bits per heavy atom. The van der Waals surface area contributed by atoms with Gasteiger partial charge in [-0.2, -0.15) is 5.10 Å². The molecule has 14 heavy (non-hydrogen) atoms. The number of hydrogen-bond acceptors (Lipinski definition) is 3. The van der Waals surface area contributed by atoms with Crippen molar-refractivity contribution >= 4 is 21.7 Å². The molecule has 3 nitrogen and oxygen atoms in total. The summed E-state index contributed by atoms with van der Waals surface area (Å²) < 4.78 is 0. The van der Waals surface area contributed by atoms with E-state index in [1.807, 2.05) is 20.0 Å². The van der Waals surface area contributed by atoms with Crippen LogP contribution in [0, 0.1) is 6.92 Å². The van der Waals surface area contributed by atoms with E-state index in [1.54, 1.807) is 6.20 Å². The van der Waals surface area contributed by atoms with E-state index in [9.17, 15) is 0 Å². The number of nitrogens with zero attached hydrogens (tertiary/aromatic N) is 3. The van der Waals surface area contributed by atoms with Crippen LogP contribution in [-0.2, 0) is 0 Å². The summed E-state index contributed by atoms with van der Waals surface area (Å²) in [6.45, 7) is 5.17. The highest BCUT2D eigenvalue weighted by Crippen LogP contribution is 2.11. The molecule has 0 saturated carbocycles. The summed E-state index contributed by atoms with van der Waals surface area (Å²) in [5.74, 6) is 0.943. The molecule has 4 heteroatoms. The van der Waals surface area contributed by atoms with E-state index in [0.29, 0.717) is 4.83 Å². The average Bonchev–Trinajstić information content (AvgIpc) is 2.14. The summed E-state index contributed by atoms with van der Waals surface area (Å²) in [7, 11) is 2.04. The Morgan fingerprint density at radius 1 is 1.57 bits per heavy atom. The highest BCUT2D eigenvalue weighted by atomic mass is 79.9. The molecule has 1 rings (SSSR count). The van der Waals surface area contributed by atoms with Crippen LogP contribution in [0.15, 0.2) is 12.3 Å². The molecule has 1 unspecified atom stereocenters. The number of aryl methyl sites for hydroxylation is 1. The number of halogens is 1. The van der Waals surface area contributed by atoms with Gasteiger partial charge in [0, 0.05) is 18.4 Å². The first kappa shape index (κ1) is 11.4. The summed E-state index contributed by atoms with van der Waals surface area (Å²) >= 11 is 3.53. The summed E-state index contributed by atoms with van der Waals surface area (Å²) in [6.07, 6.45) is 2.87. The van der Waals surface area contributed by atoms with Gasteiger partial charge in [0.2, 0.25) is 0 Å². The van der Waals surface area contributed by atoms with Gasteiger partial charge in [-0.3, -0.25) is 0 Å². The van der Waals surface area contributed by atoms with Gasteiger partial charge < -0.3 is 4.90 Å². The first-order valence-corrected chi connectivity index (χ1v) is 5.65. The van der Waals surface area contributed by atoms with E-state index in [2.05, 4.69) is 38.0 Å². The number of anilines is 1. The second kappa shape index (κ2) is 5.29. The largest absolute Gasteiger partial charge is 0.358 e. The van der Waals surface area contributed by atoms with Crippen LogP contribution in [0.4, 0.5) is 5.82 Å². The molecule has 1 aromatic heterocycles. The van der Waals surface area contributed by atoms with E-state index < -0.39 is 0 Å². The Bertz CT molecular complexity index is 288. The van der Waals surface area contributed by atoms with Gasteiger partial charge in [-0.05, 0) is 25.0 Å². The van der Waals surface area contributed by atoms with Gasteiger partial charge in [-0.1, -0.05) is 22.9 Å². The van der Waals surface area contributed by atoms with Gasteiger partial charge in [0.05, 0.1) is 6.20 Å². The van der Waals surface area contributed by atoms with Crippen LogP contribution >= 0.6 is 15.9 Å². The summed E-state index contributed by atoms with van der Waals surface area (Å²) in [4.78, 5) is 2.67. The van der Waals surface area contributed by atoms with Crippen LogP contribution < -0.4 is 4.90 Å². The number of aromatic nitrogens is 2. The van der Waals surface area contributed by atoms with Crippen LogP contribution in [-0.4, -0.2) is 28.6 Å². The van der Waals surface area contributed by atoms with Crippen LogP contribution in [0.3, 0.4) is 0 Å². The van der Waals surface area contributed by atoms with E-state index in [-0.39, 0.29) is 0 Å². The molecule has 0 aliphatic rings. The molecule has 0 aliphatic carbocycles. The van der Waals surface area contributed by atoms with Crippen molar-refractivity contribution in [1.82, 2.24) is 10.2 Å². The van der Waals surface area contributed by atoms with E-state index >= 15 is 0 Å². The fourth-order valence-electron chi connectivity index (χ4n) is 1.12. The monoisotopic (exact) mass is 257 g/mol. The van der Waals surface area contributed by atoms with Crippen molar-refractivity contribution in [2.24, 2.45) is 0 Å². The molecule has 0 radical (unpaired) electrons. The van der Waals surface area contributed by atoms with Crippen molar-refractivity contribution in [3.63, 3.8) is 0 Å². The molecule has 0 spiro atoms. The zero-order valence-corrected chi connectivity index (χ0v) is 10.5. The zero-order valence-electron chi connectivity index (χ0n) is 8.87. The lowest BCUT2D eigenvalue weighted by atomic mass is 10.3. The highest BCUT2D eigenvalue weighted by Gasteiger charge is 2.04. The number of hydrogen-bond donors (Lipinski definition) is 0. The topological polar surface area (TPSA) is 29.0 Å². The lowest BCUT2D eigenvalue weighted by molar-refractivity contribution is 0.769. The molecule has 0 N–H and O–H groups in total. The third-order valence-corrected chi connectivity index (χ3v) is 2.49. The van der Waals surface area contributed by atoms with E-state index in [1.165, 1.54) is 0 Å². The van der Waals surface area contributed by atoms with Crippen molar-refractivity contribution in [3.8, 4) is 0 Å². The number of alkyl halides is 1. The Balaban J connectivity index is 2.56. The smallest absolute Gasteiger partial charge is 0.151 e. The molecular weight excluding hydrogens is 242 g/mol. The first-order chi connectivity index (χ1) is 6.59. The predicted molar refractivity (Wildman–Crippen MR) is 63.0 cm³/mol. The van der Waals surface area contributed by atoms with Crippen LogP contribution in [0.1, 0.15) is 18.9 Å². The van der Waals surface area contributed by atoms with Crippen molar-refractivity contribution in [1.29, 1.82) is 0 Å². The molecule has 0 fully saturated rings. The molecule has 0 aliphatic heterocycles. The SMILES string of the molecule is Cc1cnnc(N(C)CCC(C)Br)c1. The van der Waals surface area contributed by atoms with Gasteiger partial charge in [-0.15, -0.1) is 5.10 Å². The average molecular weight is 258 g/mol.